The van der Waals surface area contributed by atoms with Crippen LogP contribution >= 0.6 is 0 Å². The highest BCUT2D eigenvalue weighted by molar-refractivity contribution is 5.69. The van der Waals surface area contributed by atoms with Gasteiger partial charge in [0, 0.05) is 5.56 Å². The zero-order valence-corrected chi connectivity index (χ0v) is 15.6. The number of nitrogens with zero attached hydrogens (tertiary/aromatic N) is 5. The lowest BCUT2D eigenvalue weighted by molar-refractivity contribution is -0.386. The molecule has 0 amide bonds. The van der Waals surface area contributed by atoms with Gasteiger partial charge in [0.15, 0.2) is 6.61 Å². The summed E-state index contributed by atoms with van der Waals surface area (Å²) in [5.41, 5.74) is -0.325. The first kappa shape index (κ1) is 21.0. The van der Waals surface area contributed by atoms with E-state index in [1.165, 1.54) is 26.0 Å². The lowest BCUT2D eigenvalue weighted by Gasteiger charge is -2.05. The maximum Gasteiger partial charge on any atom is 0.416 e. The third kappa shape index (κ3) is 4.45. The van der Waals surface area contributed by atoms with Crippen molar-refractivity contribution in [3.05, 3.63) is 57.2 Å². The van der Waals surface area contributed by atoms with Crippen LogP contribution in [-0.2, 0) is 28.9 Å². The van der Waals surface area contributed by atoms with Gasteiger partial charge in [-0.3, -0.25) is 19.6 Å². The number of nitro groups is 1. The highest BCUT2D eigenvalue weighted by Crippen LogP contribution is 2.30. The van der Waals surface area contributed by atoms with Gasteiger partial charge in [-0.05, 0) is 26.0 Å². The highest BCUT2D eigenvalue weighted by Gasteiger charge is 2.30. The molecule has 0 spiro atoms. The average Bonchev–Trinajstić information content (AvgIpc) is 3.24. The van der Waals surface area contributed by atoms with Crippen LogP contribution in [0.15, 0.2) is 28.8 Å². The molecular formula is C17H14F3N5O5. The van der Waals surface area contributed by atoms with E-state index in [-0.39, 0.29) is 41.9 Å². The molecule has 0 saturated carbocycles. The molecule has 0 unspecified atom stereocenters. The molecule has 13 heteroatoms. The van der Waals surface area contributed by atoms with Gasteiger partial charge in [0.1, 0.15) is 17.9 Å². The van der Waals surface area contributed by atoms with E-state index in [1.807, 2.05) is 0 Å². The minimum Gasteiger partial charge on any atom is -0.454 e. The van der Waals surface area contributed by atoms with E-state index in [0.717, 1.165) is 16.8 Å². The standard InChI is InChI=1S/C17H14F3N5O5/c1-9-15(25(27)28)10(2)24(22-9)7-14(26)29-8-13-21-16(23-30-13)11-3-5-12(6-4-11)17(18,19)20/h3-6H,7-8H2,1-2H3. The van der Waals surface area contributed by atoms with Gasteiger partial charge in [0.25, 0.3) is 5.89 Å². The van der Waals surface area contributed by atoms with Crippen LogP contribution in [-0.4, -0.2) is 30.8 Å². The monoisotopic (exact) mass is 425 g/mol. The molecule has 0 bridgehead atoms. The summed E-state index contributed by atoms with van der Waals surface area (Å²) in [6.07, 6.45) is -4.46. The molecule has 3 rings (SSSR count). The fourth-order valence-electron chi connectivity index (χ4n) is 2.65. The van der Waals surface area contributed by atoms with Crippen LogP contribution < -0.4 is 0 Å². The molecular weight excluding hydrogens is 411 g/mol. The third-order valence-corrected chi connectivity index (χ3v) is 4.10. The van der Waals surface area contributed by atoms with Gasteiger partial charge < -0.3 is 9.26 Å². The first-order chi connectivity index (χ1) is 14.1. The number of ether oxygens (including phenoxy) is 1. The quantitative estimate of drug-likeness (QED) is 0.335. The smallest absolute Gasteiger partial charge is 0.416 e. The van der Waals surface area contributed by atoms with E-state index in [4.69, 9.17) is 9.26 Å². The normalized spacial score (nSPS) is 11.5. The van der Waals surface area contributed by atoms with Gasteiger partial charge in [-0.2, -0.15) is 23.3 Å². The number of alkyl halides is 3. The summed E-state index contributed by atoms with van der Waals surface area (Å²) in [4.78, 5) is 26.4. The molecule has 0 aliphatic rings. The van der Waals surface area contributed by atoms with Crippen molar-refractivity contribution in [1.29, 1.82) is 0 Å². The number of aromatic nitrogens is 4. The molecule has 0 saturated heterocycles. The second-order valence-corrected chi connectivity index (χ2v) is 6.18. The fourth-order valence-corrected chi connectivity index (χ4v) is 2.65. The predicted molar refractivity (Wildman–Crippen MR) is 92.9 cm³/mol. The summed E-state index contributed by atoms with van der Waals surface area (Å²) in [6.45, 7) is 2.17. The molecule has 30 heavy (non-hydrogen) atoms. The van der Waals surface area contributed by atoms with Crippen LogP contribution in [0.1, 0.15) is 22.8 Å². The Bertz CT molecular complexity index is 1090. The van der Waals surface area contributed by atoms with Crippen molar-refractivity contribution in [1.82, 2.24) is 19.9 Å². The Morgan fingerprint density at radius 3 is 2.50 bits per heavy atom. The maximum atomic E-state index is 12.6. The minimum absolute atomic E-state index is 0.0314. The third-order valence-electron chi connectivity index (χ3n) is 4.10. The topological polar surface area (TPSA) is 126 Å². The number of benzene rings is 1. The first-order valence-corrected chi connectivity index (χ1v) is 8.40. The second kappa shape index (κ2) is 7.93. The maximum absolute atomic E-state index is 12.6. The lowest BCUT2D eigenvalue weighted by atomic mass is 10.1. The Labute approximate surface area is 166 Å². The number of halogens is 3. The van der Waals surface area contributed by atoms with Crippen molar-refractivity contribution in [2.24, 2.45) is 0 Å². The van der Waals surface area contributed by atoms with Crippen molar-refractivity contribution in [3.63, 3.8) is 0 Å². The van der Waals surface area contributed by atoms with Crippen LogP contribution in [0.25, 0.3) is 11.4 Å². The molecule has 0 radical (unpaired) electrons. The second-order valence-electron chi connectivity index (χ2n) is 6.18. The zero-order valence-electron chi connectivity index (χ0n) is 15.6. The predicted octanol–water partition coefficient (Wildman–Crippen LogP) is 3.22. The molecule has 2 aromatic heterocycles. The molecule has 158 valence electrons. The van der Waals surface area contributed by atoms with Crippen molar-refractivity contribution in [2.75, 3.05) is 0 Å². The van der Waals surface area contributed by atoms with Gasteiger partial charge in [-0.25, -0.2) is 0 Å². The van der Waals surface area contributed by atoms with E-state index in [2.05, 4.69) is 15.2 Å². The summed E-state index contributed by atoms with van der Waals surface area (Å²) < 4.78 is 48.9. The summed E-state index contributed by atoms with van der Waals surface area (Å²) in [5.74, 6) is -0.786. The molecule has 0 aliphatic heterocycles. The Morgan fingerprint density at radius 2 is 1.93 bits per heavy atom. The number of hydrogen-bond acceptors (Lipinski definition) is 8. The number of rotatable bonds is 6. The van der Waals surface area contributed by atoms with Crippen molar-refractivity contribution in [3.8, 4) is 11.4 Å². The Kier molecular flexibility index (Phi) is 5.54. The van der Waals surface area contributed by atoms with Gasteiger partial charge in [-0.1, -0.05) is 17.3 Å². The van der Waals surface area contributed by atoms with E-state index in [1.54, 1.807) is 0 Å². The molecule has 1 aromatic carbocycles. The highest BCUT2D eigenvalue weighted by atomic mass is 19.4. The van der Waals surface area contributed by atoms with Crippen LogP contribution in [0, 0.1) is 24.0 Å². The van der Waals surface area contributed by atoms with E-state index in [0.29, 0.717) is 5.56 Å². The Hall–Kier alpha value is -3.77. The average molecular weight is 425 g/mol. The molecule has 2 heterocycles. The van der Waals surface area contributed by atoms with Crippen LogP contribution in [0.2, 0.25) is 0 Å². The van der Waals surface area contributed by atoms with Crippen molar-refractivity contribution in [2.45, 2.75) is 33.2 Å². The summed E-state index contributed by atoms with van der Waals surface area (Å²) in [7, 11) is 0. The molecule has 0 fully saturated rings. The SMILES string of the molecule is Cc1nn(CC(=O)OCc2nc(-c3ccc(C(F)(F)F)cc3)no2)c(C)c1[N+](=O)[O-]. The van der Waals surface area contributed by atoms with Gasteiger partial charge in [0.05, 0.1) is 10.5 Å². The Balaban J connectivity index is 1.61. The number of aryl methyl sites for hydroxylation is 1. The van der Waals surface area contributed by atoms with Gasteiger partial charge in [0.2, 0.25) is 5.82 Å². The molecule has 0 N–H and O–H groups in total. The Morgan fingerprint density at radius 1 is 1.27 bits per heavy atom. The van der Waals surface area contributed by atoms with E-state index in [9.17, 15) is 28.1 Å². The molecule has 0 atom stereocenters. The first-order valence-electron chi connectivity index (χ1n) is 8.40. The lowest BCUT2D eigenvalue weighted by Crippen LogP contribution is -2.15. The largest absolute Gasteiger partial charge is 0.454 e. The molecule has 10 nitrogen and oxygen atoms in total. The molecule has 0 aliphatic carbocycles. The molecule has 3 aromatic rings. The number of carbonyl (C=O) groups is 1. The van der Waals surface area contributed by atoms with Gasteiger partial charge in [-0.15, -0.1) is 0 Å². The zero-order chi connectivity index (χ0) is 22.1. The van der Waals surface area contributed by atoms with Crippen molar-refractivity contribution < 1.29 is 32.1 Å². The van der Waals surface area contributed by atoms with E-state index >= 15 is 0 Å². The fraction of sp³-hybridized carbons (Fsp3) is 0.294. The van der Waals surface area contributed by atoms with E-state index < -0.39 is 22.6 Å². The van der Waals surface area contributed by atoms with Gasteiger partial charge >= 0.3 is 17.8 Å². The van der Waals surface area contributed by atoms with Crippen LogP contribution in [0.3, 0.4) is 0 Å². The summed E-state index contributed by atoms with van der Waals surface area (Å²) in [5, 5.41) is 18.6. The number of esters is 1. The summed E-state index contributed by atoms with van der Waals surface area (Å²) in [6, 6.07) is 4.16. The number of hydrogen-bond donors (Lipinski definition) is 0. The number of carbonyl (C=O) groups excluding carboxylic acids is 1. The van der Waals surface area contributed by atoms with Crippen molar-refractivity contribution >= 4 is 11.7 Å². The van der Waals surface area contributed by atoms with Crippen LogP contribution in [0.4, 0.5) is 18.9 Å². The minimum atomic E-state index is -4.46. The van der Waals surface area contributed by atoms with Crippen LogP contribution in [0.5, 0.6) is 0 Å². The summed E-state index contributed by atoms with van der Waals surface area (Å²) >= 11 is 0.